The van der Waals surface area contributed by atoms with Crippen LogP contribution < -0.4 is 4.74 Å². The molecule has 0 spiro atoms. The van der Waals surface area contributed by atoms with Gasteiger partial charge in [-0.2, -0.15) is 22.0 Å². The van der Waals surface area contributed by atoms with Gasteiger partial charge in [0.25, 0.3) is 11.8 Å². The Bertz CT molecular complexity index is 1140. The molecule has 6 nitrogen and oxygen atoms in total. The molecular weight excluding hydrogens is 425 g/mol. The van der Waals surface area contributed by atoms with Crippen molar-refractivity contribution in [2.75, 3.05) is 7.05 Å². The van der Waals surface area contributed by atoms with Gasteiger partial charge in [-0.1, -0.05) is 12.1 Å². The Balaban J connectivity index is 1.69. The zero-order chi connectivity index (χ0) is 22.6. The minimum Gasteiger partial charge on any atom is -0.463 e. The van der Waals surface area contributed by atoms with E-state index in [1.807, 2.05) is 0 Å². The van der Waals surface area contributed by atoms with Gasteiger partial charge in [0.2, 0.25) is 11.6 Å². The highest BCUT2D eigenvalue weighted by molar-refractivity contribution is 5.99. The number of carbonyl (C=O) groups excluding carboxylic acids is 1. The largest absolute Gasteiger partial charge is 0.463 e. The van der Waals surface area contributed by atoms with Crippen molar-refractivity contribution < 1.29 is 35.9 Å². The first-order valence-corrected chi connectivity index (χ1v) is 8.91. The molecule has 2 aromatic carbocycles. The average molecular weight is 439 g/mol. The molecular formula is C20H14F5N3O3. The molecule has 0 saturated carbocycles. The van der Waals surface area contributed by atoms with Crippen molar-refractivity contribution in [3.05, 3.63) is 65.0 Å². The second-order valence-electron chi connectivity index (χ2n) is 6.98. The summed E-state index contributed by atoms with van der Waals surface area (Å²) in [5.74, 6) is -1.35. The zero-order valence-electron chi connectivity index (χ0n) is 16.1. The van der Waals surface area contributed by atoms with E-state index in [0.717, 1.165) is 12.1 Å². The topological polar surface area (TPSA) is 68.5 Å². The fourth-order valence-electron chi connectivity index (χ4n) is 3.24. The molecule has 1 aliphatic rings. The Morgan fingerprint density at radius 2 is 1.74 bits per heavy atom. The van der Waals surface area contributed by atoms with Gasteiger partial charge < -0.3 is 9.15 Å². The van der Waals surface area contributed by atoms with Gasteiger partial charge in [0.05, 0.1) is 11.1 Å². The van der Waals surface area contributed by atoms with Crippen LogP contribution in [-0.4, -0.2) is 28.1 Å². The monoisotopic (exact) mass is 439 g/mol. The SMILES string of the molecule is CN1C(=O)c2cc(-c3nnc(C(F)F)o3)ccc2OC1(C)c1ccc(C(F)(F)F)cc1. The van der Waals surface area contributed by atoms with Gasteiger partial charge in [-0.05, 0) is 37.3 Å². The highest BCUT2D eigenvalue weighted by Gasteiger charge is 2.43. The highest BCUT2D eigenvalue weighted by atomic mass is 19.4. The number of benzene rings is 2. The van der Waals surface area contributed by atoms with Crippen LogP contribution in [0.5, 0.6) is 5.75 Å². The molecule has 1 unspecified atom stereocenters. The van der Waals surface area contributed by atoms with Gasteiger partial charge in [0.1, 0.15) is 5.75 Å². The summed E-state index contributed by atoms with van der Waals surface area (Å²) >= 11 is 0. The summed E-state index contributed by atoms with van der Waals surface area (Å²) in [5.41, 5.74) is -1.51. The molecule has 2 heterocycles. The number of aromatic nitrogens is 2. The number of hydrogen-bond acceptors (Lipinski definition) is 5. The van der Waals surface area contributed by atoms with Crippen LogP contribution in [0, 0.1) is 0 Å². The standard InChI is InChI=1S/C20H14F5N3O3/c1-19(11-4-6-12(7-5-11)20(23,24)25)28(2)18(29)13-9-10(3-8-14(13)31-19)16-26-27-17(30-16)15(21)22/h3-9,15H,1-2H3. The molecule has 1 aromatic heterocycles. The molecule has 0 N–H and O–H groups in total. The molecule has 0 saturated heterocycles. The fourth-order valence-corrected chi connectivity index (χ4v) is 3.24. The number of carbonyl (C=O) groups is 1. The van der Waals surface area contributed by atoms with Crippen LogP contribution in [0.15, 0.2) is 46.9 Å². The Labute approximate surface area is 172 Å². The van der Waals surface area contributed by atoms with Gasteiger partial charge in [-0.3, -0.25) is 9.69 Å². The Morgan fingerprint density at radius 1 is 1.06 bits per heavy atom. The average Bonchev–Trinajstić information content (AvgIpc) is 3.22. The number of halogens is 5. The predicted octanol–water partition coefficient (Wildman–Crippen LogP) is 5.03. The maximum atomic E-state index is 13.0. The van der Waals surface area contributed by atoms with Gasteiger partial charge >= 0.3 is 12.6 Å². The number of hydrogen-bond donors (Lipinski definition) is 0. The van der Waals surface area contributed by atoms with E-state index in [1.165, 1.54) is 42.3 Å². The molecule has 1 aliphatic heterocycles. The fraction of sp³-hybridized carbons (Fsp3) is 0.250. The van der Waals surface area contributed by atoms with E-state index in [1.54, 1.807) is 6.92 Å². The summed E-state index contributed by atoms with van der Waals surface area (Å²) < 4.78 is 74.8. The molecule has 162 valence electrons. The summed E-state index contributed by atoms with van der Waals surface area (Å²) in [4.78, 5) is 14.2. The van der Waals surface area contributed by atoms with Crippen LogP contribution in [0.4, 0.5) is 22.0 Å². The summed E-state index contributed by atoms with van der Waals surface area (Å²) in [5, 5.41) is 6.80. The highest BCUT2D eigenvalue weighted by Crippen LogP contribution is 2.41. The lowest BCUT2D eigenvalue weighted by Crippen LogP contribution is -2.52. The first-order chi connectivity index (χ1) is 14.5. The molecule has 0 bridgehead atoms. The molecule has 11 heteroatoms. The van der Waals surface area contributed by atoms with E-state index in [-0.39, 0.29) is 22.8 Å². The first-order valence-electron chi connectivity index (χ1n) is 8.91. The minimum absolute atomic E-state index is 0.112. The normalized spacial score (nSPS) is 18.8. The first kappa shape index (κ1) is 20.8. The number of rotatable bonds is 3. The number of nitrogens with zero attached hydrogens (tertiary/aromatic N) is 3. The lowest BCUT2D eigenvalue weighted by Gasteiger charge is -2.43. The minimum atomic E-state index is -4.49. The number of alkyl halides is 5. The Hall–Kier alpha value is -3.50. The summed E-state index contributed by atoms with van der Waals surface area (Å²) in [7, 11) is 1.44. The zero-order valence-corrected chi connectivity index (χ0v) is 16.1. The van der Waals surface area contributed by atoms with Crippen molar-refractivity contribution in [2.45, 2.75) is 25.3 Å². The van der Waals surface area contributed by atoms with Crippen LogP contribution in [0.1, 0.15) is 40.7 Å². The van der Waals surface area contributed by atoms with Crippen LogP contribution in [-0.2, 0) is 11.9 Å². The van der Waals surface area contributed by atoms with Gasteiger partial charge in [-0.15, -0.1) is 10.2 Å². The Kier molecular flexibility index (Phi) is 4.71. The van der Waals surface area contributed by atoms with E-state index >= 15 is 0 Å². The van der Waals surface area contributed by atoms with E-state index < -0.39 is 35.7 Å². The van der Waals surface area contributed by atoms with Crippen molar-refractivity contribution in [2.24, 2.45) is 0 Å². The molecule has 1 atom stereocenters. The molecule has 31 heavy (non-hydrogen) atoms. The van der Waals surface area contributed by atoms with Crippen LogP contribution in [0.2, 0.25) is 0 Å². The maximum Gasteiger partial charge on any atom is 0.416 e. The van der Waals surface area contributed by atoms with Gasteiger partial charge in [-0.25, -0.2) is 0 Å². The van der Waals surface area contributed by atoms with E-state index in [0.29, 0.717) is 5.56 Å². The third-order valence-electron chi connectivity index (χ3n) is 5.09. The third kappa shape index (κ3) is 3.49. The summed E-state index contributed by atoms with van der Waals surface area (Å²) in [6.45, 7) is 1.55. The lowest BCUT2D eigenvalue weighted by molar-refractivity contribution is -0.137. The van der Waals surface area contributed by atoms with Crippen LogP contribution in [0.25, 0.3) is 11.5 Å². The van der Waals surface area contributed by atoms with Crippen molar-refractivity contribution in [3.63, 3.8) is 0 Å². The van der Waals surface area contributed by atoms with Crippen molar-refractivity contribution in [1.29, 1.82) is 0 Å². The molecule has 0 aliphatic carbocycles. The van der Waals surface area contributed by atoms with Gasteiger partial charge in [0.15, 0.2) is 0 Å². The number of amides is 1. The maximum absolute atomic E-state index is 13.0. The van der Waals surface area contributed by atoms with E-state index in [2.05, 4.69) is 10.2 Å². The smallest absolute Gasteiger partial charge is 0.416 e. The van der Waals surface area contributed by atoms with Crippen molar-refractivity contribution in [3.8, 4) is 17.2 Å². The van der Waals surface area contributed by atoms with Crippen LogP contribution >= 0.6 is 0 Å². The second kappa shape index (κ2) is 7.03. The molecule has 4 rings (SSSR count). The second-order valence-corrected chi connectivity index (χ2v) is 6.98. The van der Waals surface area contributed by atoms with Crippen molar-refractivity contribution in [1.82, 2.24) is 15.1 Å². The number of ether oxygens (including phenoxy) is 1. The molecule has 0 radical (unpaired) electrons. The van der Waals surface area contributed by atoms with E-state index in [4.69, 9.17) is 9.15 Å². The molecule has 1 amide bonds. The lowest BCUT2D eigenvalue weighted by atomic mass is 9.97. The van der Waals surface area contributed by atoms with Crippen LogP contribution in [0.3, 0.4) is 0 Å². The summed E-state index contributed by atoms with van der Waals surface area (Å²) in [6.07, 6.45) is -7.42. The predicted molar refractivity (Wildman–Crippen MR) is 96.2 cm³/mol. The number of fused-ring (bicyclic) bond motifs is 1. The van der Waals surface area contributed by atoms with Gasteiger partial charge in [0, 0.05) is 18.2 Å². The molecule has 0 fully saturated rings. The molecule has 3 aromatic rings. The Morgan fingerprint density at radius 3 is 2.32 bits per heavy atom. The van der Waals surface area contributed by atoms with Crippen molar-refractivity contribution >= 4 is 5.91 Å². The summed E-state index contributed by atoms with van der Waals surface area (Å²) in [6, 6.07) is 8.57. The third-order valence-corrected chi connectivity index (χ3v) is 5.09. The van der Waals surface area contributed by atoms with E-state index in [9.17, 15) is 26.7 Å². The quantitative estimate of drug-likeness (QED) is 0.536.